The van der Waals surface area contributed by atoms with E-state index in [1.807, 2.05) is 30.3 Å². The highest BCUT2D eigenvalue weighted by Gasteiger charge is 2.16. The molecule has 126 valence electrons. The van der Waals surface area contributed by atoms with E-state index in [1.54, 1.807) is 24.3 Å². The fraction of sp³-hybridized carbons (Fsp3) is 0.389. The van der Waals surface area contributed by atoms with Crippen LogP contribution in [0.1, 0.15) is 28.8 Å². The molecule has 0 spiro atoms. The zero-order chi connectivity index (χ0) is 16.8. The second-order valence-corrected chi connectivity index (χ2v) is 5.96. The van der Waals surface area contributed by atoms with Gasteiger partial charge in [-0.05, 0) is 18.4 Å². The van der Waals surface area contributed by atoms with E-state index in [4.69, 9.17) is 4.74 Å². The molecule has 1 fully saturated rings. The van der Waals surface area contributed by atoms with Gasteiger partial charge in [0, 0.05) is 39.1 Å². The number of rotatable bonds is 6. The molecule has 1 aliphatic heterocycles. The number of benzene rings is 1. The Morgan fingerprint density at radius 1 is 1.29 bits per heavy atom. The zero-order valence-corrected chi connectivity index (χ0v) is 13.8. The number of nitrogens with zero attached hydrogens (tertiary/aromatic N) is 3. The summed E-state index contributed by atoms with van der Waals surface area (Å²) in [6.45, 7) is 2.08. The molecule has 1 N–H and O–H groups in total. The Labute approximate surface area is 141 Å². The van der Waals surface area contributed by atoms with Gasteiger partial charge < -0.3 is 15.0 Å². The Morgan fingerprint density at radius 3 is 2.71 bits per heavy atom. The third kappa shape index (κ3) is 4.29. The smallest absolute Gasteiger partial charge is 0.257 e. The summed E-state index contributed by atoms with van der Waals surface area (Å²) >= 11 is 0. The molecule has 0 bridgehead atoms. The molecule has 3 rings (SSSR count). The van der Waals surface area contributed by atoms with Crippen molar-refractivity contribution in [2.45, 2.75) is 25.5 Å². The van der Waals surface area contributed by atoms with Crippen LogP contribution in [0.25, 0.3) is 0 Å². The second kappa shape index (κ2) is 7.88. The summed E-state index contributed by atoms with van der Waals surface area (Å²) < 4.78 is 5.55. The lowest BCUT2D eigenvalue weighted by atomic mass is 10.2. The van der Waals surface area contributed by atoms with Gasteiger partial charge in [-0.1, -0.05) is 30.3 Å². The maximum absolute atomic E-state index is 12.4. The number of nitrogens with one attached hydrogen (secondary N) is 1. The molecule has 1 amide bonds. The van der Waals surface area contributed by atoms with Gasteiger partial charge in [-0.2, -0.15) is 0 Å². The first-order valence-electron chi connectivity index (χ1n) is 8.19. The average Bonchev–Trinajstić information content (AvgIpc) is 3.14. The van der Waals surface area contributed by atoms with Crippen molar-refractivity contribution in [2.24, 2.45) is 0 Å². The van der Waals surface area contributed by atoms with Crippen LogP contribution in [-0.4, -0.2) is 47.1 Å². The van der Waals surface area contributed by atoms with Crippen LogP contribution >= 0.6 is 0 Å². The molecular weight excluding hydrogens is 304 g/mol. The van der Waals surface area contributed by atoms with Gasteiger partial charge in [-0.15, -0.1) is 0 Å². The van der Waals surface area contributed by atoms with Crippen LogP contribution in [0.5, 0.6) is 0 Å². The van der Waals surface area contributed by atoms with Crippen LogP contribution in [0.2, 0.25) is 0 Å². The largest absolute Gasteiger partial charge is 0.376 e. The lowest BCUT2D eigenvalue weighted by molar-refractivity contribution is 0.0784. The third-order valence-electron chi connectivity index (χ3n) is 4.02. The number of hydrogen-bond donors (Lipinski definition) is 1. The van der Waals surface area contributed by atoms with Crippen molar-refractivity contribution in [1.29, 1.82) is 0 Å². The SMILES string of the molecule is CN(Cc1ccccc1)C(=O)c1cnc(NCC2CCCO2)nc1. The topological polar surface area (TPSA) is 67.4 Å². The van der Waals surface area contributed by atoms with Crippen LogP contribution in [0.3, 0.4) is 0 Å². The predicted molar refractivity (Wildman–Crippen MR) is 91.7 cm³/mol. The van der Waals surface area contributed by atoms with Crippen molar-refractivity contribution in [1.82, 2.24) is 14.9 Å². The monoisotopic (exact) mass is 326 g/mol. The van der Waals surface area contributed by atoms with E-state index >= 15 is 0 Å². The Balaban J connectivity index is 1.54. The van der Waals surface area contributed by atoms with Gasteiger partial charge in [-0.3, -0.25) is 4.79 Å². The molecule has 1 unspecified atom stereocenters. The first kappa shape index (κ1) is 16.4. The van der Waals surface area contributed by atoms with Crippen LogP contribution in [0.15, 0.2) is 42.7 Å². The fourth-order valence-electron chi connectivity index (χ4n) is 2.69. The molecular formula is C18H22N4O2. The van der Waals surface area contributed by atoms with Gasteiger partial charge >= 0.3 is 0 Å². The molecule has 1 saturated heterocycles. The molecule has 2 aromatic rings. The molecule has 6 nitrogen and oxygen atoms in total. The highest BCUT2D eigenvalue weighted by molar-refractivity contribution is 5.93. The molecule has 1 aromatic carbocycles. The Kier molecular flexibility index (Phi) is 5.38. The molecule has 1 atom stereocenters. The Morgan fingerprint density at radius 2 is 2.04 bits per heavy atom. The molecule has 1 aromatic heterocycles. The normalized spacial score (nSPS) is 16.8. The molecule has 1 aliphatic rings. The van der Waals surface area contributed by atoms with E-state index in [2.05, 4.69) is 15.3 Å². The number of carbonyl (C=O) groups excluding carboxylic acids is 1. The molecule has 0 radical (unpaired) electrons. The van der Waals surface area contributed by atoms with Gasteiger partial charge in [0.05, 0.1) is 11.7 Å². The highest BCUT2D eigenvalue weighted by Crippen LogP contribution is 2.12. The average molecular weight is 326 g/mol. The summed E-state index contributed by atoms with van der Waals surface area (Å²) in [5.41, 5.74) is 1.57. The highest BCUT2D eigenvalue weighted by atomic mass is 16.5. The van der Waals surface area contributed by atoms with Gasteiger partial charge in [0.2, 0.25) is 5.95 Å². The maximum atomic E-state index is 12.4. The molecule has 6 heteroatoms. The molecule has 24 heavy (non-hydrogen) atoms. The summed E-state index contributed by atoms with van der Waals surface area (Å²) in [5.74, 6) is 0.428. The Hall–Kier alpha value is -2.47. The quantitative estimate of drug-likeness (QED) is 0.882. The van der Waals surface area contributed by atoms with Crippen LogP contribution in [-0.2, 0) is 11.3 Å². The minimum atomic E-state index is -0.0930. The Bertz CT molecular complexity index is 654. The number of hydrogen-bond acceptors (Lipinski definition) is 5. The van der Waals surface area contributed by atoms with Crippen molar-refractivity contribution in [3.63, 3.8) is 0 Å². The van der Waals surface area contributed by atoms with E-state index in [-0.39, 0.29) is 12.0 Å². The van der Waals surface area contributed by atoms with Gasteiger partial charge in [0.25, 0.3) is 5.91 Å². The van der Waals surface area contributed by atoms with Crippen LogP contribution in [0.4, 0.5) is 5.95 Å². The summed E-state index contributed by atoms with van der Waals surface area (Å²) in [7, 11) is 1.78. The number of amides is 1. The molecule has 0 aliphatic carbocycles. The summed E-state index contributed by atoms with van der Waals surface area (Å²) in [4.78, 5) is 22.5. The summed E-state index contributed by atoms with van der Waals surface area (Å²) in [5, 5.41) is 3.15. The second-order valence-electron chi connectivity index (χ2n) is 5.96. The minimum Gasteiger partial charge on any atom is -0.376 e. The van der Waals surface area contributed by atoms with Gasteiger partial charge in [-0.25, -0.2) is 9.97 Å². The van der Waals surface area contributed by atoms with E-state index in [0.29, 0.717) is 24.6 Å². The van der Waals surface area contributed by atoms with Crippen LogP contribution in [0, 0.1) is 0 Å². The first-order valence-corrected chi connectivity index (χ1v) is 8.19. The number of anilines is 1. The number of carbonyl (C=O) groups is 1. The molecule has 0 saturated carbocycles. The fourth-order valence-corrected chi connectivity index (χ4v) is 2.69. The molecule has 2 heterocycles. The van der Waals surface area contributed by atoms with Crippen molar-refractivity contribution >= 4 is 11.9 Å². The van der Waals surface area contributed by atoms with E-state index < -0.39 is 0 Å². The summed E-state index contributed by atoms with van der Waals surface area (Å²) in [6.07, 6.45) is 5.53. The van der Waals surface area contributed by atoms with Crippen molar-refractivity contribution in [2.75, 3.05) is 25.5 Å². The summed E-state index contributed by atoms with van der Waals surface area (Å²) in [6, 6.07) is 9.88. The lowest BCUT2D eigenvalue weighted by Gasteiger charge is -2.17. The van der Waals surface area contributed by atoms with Gasteiger partial charge in [0.15, 0.2) is 0 Å². The first-order chi connectivity index (χ1) is 11.7. The number of ether oxygens (including phenoxy) is 1. The van der Waals surface area contributed by atoms with E-state index in [1.165, 1.54) is 0 Å². The maximum Gasteiger partial charge on any atom is 0.257 e. The lowest BCUT2D eigenvalue weighted by Crippen LogP contribution is -2.26. The van der Waals surface area contributed by atoms with E-state index in [0.717, 1.165) is 25.0 Å². The van der Waals surface area contributed by atoms with E-state index in [9.17, 15) is 4.79 Å². The predicted octanol–water partition coefficient (Wildman–Crippen LogP) is 2.34. The zero-order valence-electron chi connectivity index (χ0n) is 13.8. The van der Waals surface area contributed by atoms with Crippen LogP contribution < -0.4 is 5.32 Å². The van der Waals surface area contributed by atoms with Gasteiger partial charge in [0.1, 0.15) is 0 Å². The standard InChI is InChI=1S/C18H22N4O2/c1-22(13-14-6-3-2-4-7-14)17(23)15-10-19-18(20-11-15)21-12-16-8-5-9-24-16/h2-4,6-7,10-11,16H,5,8-9,12-13H2,1H3,(H,19,20,21). The number of aromatic nitrogens is 2. The van der Waals surface area contributed by atoms with Crippen molar-refractivity contribution < 1.29 is 9.53 Å². The third-order valence-corrected chi connectivity index (χ3v) is 4.02. The minimum absolute atomic E-state index is 0.0930. The van der Waals surface area contributed by atoms with Crippen molar-refractivity contribution in [3.05, 3.63) is 53.9 Å². The van der Waals surface area contributed by atoms with Crippen molar-refractivity contribution in [3.8, 4) is 0 Å².